The van der Waals surface area contributed by atoms with Crippen molar-refractivity contribution in [3.63, 3.8) is 0 Å². The fourth-order valence-corrected chi connectivity index (χ4v) is 1.64. The average Bonchev–Trinajstić information content (AvgIpc) is 2.25. The largest absolute Gasteiger partial charge is 0.436 e. The van der Waals surface area contributed by atoms with E-state index in [1.807, 2.05) is 0 Å². The summed E-state index contributed by atoms with van der Waals surface area (Å²) in [5.41, 5.74) is 4.92. The van der Waals surface area contributed by atoms with E-state index in [1.165, 1.54) is 0 Å². The normalized spacial score (nSPS) is 12.0. The average molecular weight is 316 g/mol. The highest BCUT2D eigenvalue weighted by atomic mass is 79.9. The standard InChI is InChI=1S/C11H14BrN3O3/c1-6(2)9(18-11(13)17)10(16)15-8-5-3-4-7(12)14-8/h3-6,9H,1-2H3,(H2,13,17)(H,14,15,16)/t9-/m0/s1. The molecule has 98 valence electrons. The van der Waals surface area contributed by atoms with E-state index < -0.39 is 18.1 Å². The lowest BCUT2D eigenvalue weighted by molar-refractivity contribution is -0.126. The third-order valence-electron chi connectivity index (χ3n) is 2.07. The second-order valence-corrected chi connectivity index (χ2v) is 4.75. The van der Waals surface area contributed by atoms with Gasteiger partial charge >= 0.3 is 6.09 Å². The molecule has 0 saturated carbocycles. The number of amides is 2. The molecule has 18 heavy (non-hydrogen) atoms. The molecule has 0 unspecified atom stereocenters. The van der Waals surface area contributed by atoms with Crippen LogP contribution < -0.4 is 11.1 Å². The summed E-state index contributed by atoms with van der Waals surface area (Å²) in [6.07, 6.45) is -1.92. The van der Waals surface area contributed by atoms with Crippen LogP contribution in [0.25, 0.3) is 0 Å². The quantitative estimate of drug-likeness (QED) is 0.830. The predicted octanol–water partition coefficient (Wildman–Crippen LogP) is 1.90. The summed E-state index contributed by atoms with van der Waals surface area (Å²) in [6.45, 7) is 3.50. The van der Waals surface area contributed by atoms with Crippen molar-refractivity contribution in [1.29, 1.82) is 0 Å². The van der Waals surface area contributed by atoms with Gasteiger partial charge in [-0.25, -0.2) is 9.78 Å². The van der Waals surface area contributed by atoms with Crippen LogP contribution in [0.15, 0.2) is 22.8 Å². The molecule has 0 saturated heterocycles. The van der Waals surface area contributed by atoms with Crippen molar-refractivity contribution in [2.45, 2.75) is 20.0 Å². The maximum absolute atomic E-state index is 11.9. The minimum atomic E-state index is -0.981. The summed E-state index contributed by atoms with van der Waals surface area (Å²) in [4.78, 5) is 26.7. The minimum Gasteiger partial charge on any atom is -0.436 e. The van der Waals surface area contributed by atoms with E-state index in [0.29, 0.717) is 10.4 Å². The monoisotopic (exact) mass is 315 g/mol. The molecule has 2 amide bonds. The smallest absolute Gasteiger partial charge is 0.405 e. The summed E-state index contributed by atoms with van der Waals surface area (Å²) < 4.78 is 5.36. The molecule has 0 aliphatic carbocycles. The number of primary amides is 1. The topological polar surface area (TPSA) is 94.3 Å². The zero-order valence-corrected chi connectivity index (χ0v) is 11.6. The molecular formula is C11H14BrN3O3. The van der Waals surface area contributed by atoms with E-state index in [2.05, 4.69) is 26.2 Å². The van der Waals surface area contributed by atoms with Crippen molar-refractivity contribution in [1.82, 2.24) is 4.98 Å². The number of nitrogens with zero attached hydrogens (tertiary/aromatic N) is 1. The number of anilines is 1. The Morgan fingerprint density at radius 1 is 1.44 bits per heavy atom. The number of ether oxygens (including phenoxy) is 1. The van der Waals surface area contributed by atoms with E-state index in [9.17, 15) is 9.59 Å². The molecule has 0 radical (unpaired) electrons. The van der Waals surface area contributed by atoms with Gasteiger partial charge in [-0.1, -0.05) is 19.9 Å². The lowest BCUT2D eigenvalue weighted by atomic mass is 10.1. The number of halogens is 1. The maximum atomic E-state index is 11.9. The number of nitrogens with one attached hydrogen (secondary N) is 1. The van der Waals surface area contributed by atoms with Gasteiger partial charge in [0.15, 0.2) is 6.10 Å². The number of carbonyl (C=O) groups is 2. The molecule has 1 aromatic heterocycles. The molecule has 6 nitrogen and oxygen atoms in total. The Morgan fingerprint density at radius 3 is 2.61 bits per heavy atom. The van der Waals surface area contributed by atoms with Gasteiger partial charge in [0.1, 0.15) is 10.4 Å². The number of pyridine rings is 1. The van der Waals surface area contributed by atoms with Crippen molar-refractivity contribution < 1.29 is 14.3 Å². The molecule has 0 bridgehead atoms. The molecule has 1 heterocycles. The van der Waals surface area contributed by atoms with Gasteiger partial charge in [-0.15, -0.1) is 0 Å². The van der Waals surface area contributed by atoms with Gasteiger partial charge in [-0.2, -0.15) is 0 Å². The van der Waals surface area contributed by atoms with E-state index >= 15 is 0 Å². The first-order valence-corrected chi connectivity index (χ1v) is 6.09. The molecule has 0 aliphatic heterocycles. The lowest BCUT2D eigenvalue weighted by Gasteiger charge is -2.19. The molecule has 1 aromatic rings. The number of rotatable bonds is 4. The van der Waals surface area contributed by atoms with Crippen LogP contribution in [0.3, 0.4) is 0 Å². The van der Waals surface area contributed by atoms with Gasteiger partial charge < -0.3 is 15.8 Å². The molecule has 0 spiro atoms. The Bertz CT molecular complexity index is 451. The van der Waals surface area contributed by atoms with Gasteiger partial charge in [0.05, 0.1) is 0 Å². The van der Waals surface area contributed by atoms with Crippen LogP contribution in [0.2, 0.25) is 0 Å². The number of aromatic nitrogens is 1. The highest BCUT2D eigenvalue weighted by Gasteiger charge is 2.25. The van der Waals surface area contributed by atoms with Gasteiger partial charge in [0.25, 0.3) is 5.91 Å². The summed E-state index contributed by atoms with van der Waals surface area (Å²) in [6, 6.07) is 5.09. The lowest BCUT2D eigenvalue weighted by Crippen LogP contribution is -2.38. The molecular weight excluding hydrogens is 302 g/mol. The van der Waals surface area contributed by atoms with E-state index in [1.54, 1.807) is 32.0 Å². The molecule has 7 heteroatoms. The van der Waals surface area contributed by atoms with Crippen molar-refractivity contribution >= 4 is 33.7 Å². The first-order chi connectivity index (χ1) is 8.40. The van der Waals surface area contributed by atoms with Crippen LogP contribution in [0.1, 0.15) is 13.8 Å². The predicted molar refractivity (Wildman–Crippen MR) is 69.9 cm³/mol. The molecule has 0 aliphatic rings. The first-order valence-electron chi connectivity index (χ1n) is 5.29. The van der Waals surface area contributed by atoms with Crippen LogP contribution >= 0.6 is 15.9 Å². The van der Waals surface area contributed by atoms with Crippen LogP contribution in [-0.4, -0.2) is 23.1 Å². The number of hydrogen-bond acceptors (Lipinski definition) is 4. The number of carbonyl (C=O) groups excluding carboxylic acids is 2. The first kappa shape index (κ1) is 14.4. The van der Waals surface area contributed by atoms with Gasteiger partial charge in [0, 0.05) is 0 Å². The van der Waals surface area contributed by atoms with E-state index in [4.69, 9.17) is 10.5 Å². The van der Waals surface area contributed by atoms with Crippen LogP contribution in [0, 0.1) is 5.92 Å². The van der Waals surface area contributed by atoms with Crippen LogP contribution in [0.4, 0.5) is 10.6 Å². The number of hydrogen-bond donors (Lipinski definition) is 2. The Hall–Kier alpha value is -1.63. The van der Waals surface area contributed by atoms with Gasteiger partial charge in [0.2, 0.25) is 0 Å². The maximum Gasteiger partial charge on any atom is 0.405 e. The summed E-state index contributed by atoms with van der Waals surface area (Å²) in [5, 5.41) is 2.56. The summed E-state index contributed by atoms with van der Waals surface area (Å²) in [7, 11) is 0. The number of nitrogens with two attached hydrogens (primary N) is 1. The fraction of sp³-hybridized carbons (Fsp3) is 0.364. The third-order valence-corrected chi connectivity index (χ3v) is 2.52. The van der Waals surface area contributed by atoms with Crippen molar-refractivity contribution in [2.24, 2.45) is 11.7 Å². The molecule has 0 aromatic carbocycles. The Kier molecular flexibility index (Phi) is 5.08. The molecule has 3 N–H and O–H groups in total. The van der Waals surface area contributed by atoms with Crippen molar-refractivity contribution in [2.75, 3.05) is 5.32 Å². The summed E-state index contributed by atoms with van der Waals surface area (Å²) >= 11 is 3.19. The summed E-state index contributed by atoms with van der Waals surface area (Å²) in [5.74, 6) is -0.285. The van der Waals surface area contributed by atoms with Crippen LogP contribution in [0.5, 0.6) is 0 Å². The second kappa shape index (κ2) is 6.34. The zero-order chi connectivity index (χ0) is 13.7. The second-order valence-electron chi connectivity index (χ2n) is 3.94. The van der Waals surface area contributed by atoms with Crippen molar-refractivity contribution in [3.05, 3.63) is 22.8 Å². The van der Waals surface area contributed by atoms with Gasteiger partial charge in [-0.05, 0) is 34.0 Å². The highest BCUT2D eigenvalue weighted by Crippen LogP contribution is 2.13. The Labute approximate surface area is 113 Å². The highest BCUT2D eigenvalue weighted by molar-refractivity contribution is 9.10. The SMILES string of the molecule is CC(C)[C@H](OC(N)=O)C(=O)Nc1cccc(Br)n1. The molecule has 1 rings (SSSR count). The third kappa shape index (κ3) is 4.33. The van der Waals surface area contributed by atoms with Crippen LogP contribution in [-0.2, 0) is 9.53 Å². The Morgan fingerprint density at radius 2 is 2.11 bits per heavy atom. The molecule has 1 atom stereocenters. The fourth-order valence-electron chi connectivity index (χ4n) is 1.29. The van der Waals surface area contributed by atoms with Gasteiger partial charge in [-0.3, -0.25) is 4.79 Å². The van der Waals surface area contributed by atoms with E-state index in [-0.39, 0.29) is 5.92 Å². The Balaban J connectivity index is 2.75. The van der Waals surface area contributed by atoms with Crippen molar-refractivity contribution in [3.8, 4) is 0 Å². The minimum absolute atomic E-state index is 0.190. The zero-order valence-electron chi connectivity index (χ0n) is 10.0. The molecule has 0 fully saturated rings. The van der Waals surface area contributed by atoms with E-state index in [0.717, 1.165) is 0 Å².